The summed E-state index contributed by atoms with van der Waals surface area (Å²) in [6, 6.07) is 8.79. The molecule has 8 heteroatoms. The number of benzene rings is 1. The van der Waals surface area contributed by atoms with Gasteiger partial charge in [0.2, 0.25) is 0 Å². The molecule has 3 rings (SSSR count). The van der Waals surface area contributed by atoms with Crippen molar-refractivity contribution in [1.82, 2.24) is 19.0 Å². The molecule has 26 heavy (non-hydrogen) atoms. The molecular formula is C18H17FN4O3. The van der Waals surface area contributed by atoms with Crippen LogP contribution >= 0.6 is 0 Å². The van der Waals surface area contributed by atoms with E-state index in [1.165, 1.54) is 47.8 Å². The average Bonchev–Trinajstić information content (AvgIpc) is 2.65. The summed E-state index contributed by atoms with van der Waals surface area (Å²) in [5, 5.41) is 0.257. The molecule has 1 aromatic carbocycles. The van der Waals surface area contributed by atoms with Gasteiger partial charge in [0.15, 0.2) is 0 Å². The molecule has 7 nitrogen and oxygen atoms in total. The highest BCUT2D eigenvalue weighted by Crippen LogP contribution is 2.11. The number of pyridine rings is 1. The first-order valence-corrected chi connectivity index (χ1v) is 7.86. The zero-order chi connectivity index (χ0) is 19.0. The molecule has 2 aromatic heterocycles. The largest absolute Gasteiger partial charge is 0.336 e. The lowest BCUT2D eigenvalue weighted by atomic mass is 10.2. The van der Waals surface area contributed by atoms with Crippen molar-refractivity contribution in [2.24, 2.45) is 14.1 Å². The van der Waals surface area contributed by atoms with Gasteiger partial charge in [-0.25, -0.2) is 14.2 Å². The maximum Gasteiger partial charge on any atom is 0.332 e. The number of carbonyl (C=O) groups excluding carboxylic acids is 1. The Bertz CT molecular complexity index is 1120. The van der Waals surface area contributed by atoms with Gasteiger partial charge in [-0.2, -0.15) is 0 Å². The van der Waals surface area contributed by atoms with E-state index in [9.17, 15) is 18.8 Å². The van der Waals surface area contributed by atoms with Crippen LogP contribution in [0.15, 0.2) is 46.0 Å². The fourth-order valence-corrected chi connectivity index (χ4v) is 2.70. The van der Waals surface area contributed by atoms with Gasteiger partial charge in [0.05, 0.1) is 5.39 Å². The average molecular weight is 356 g/mol. The van der Waals surface area contributed by atoms with Crippen molar-refractivity contribution in [3.63, 3.8) is 0 Å². The minimum atomic E-state index is -0.515. The molecule has 2 heterocycles. The number of hydrogen-bond acceptors (Lipinski definition) is 4. The summed E-state index contributed by atoms with van der Waals surface area (Å²) in [6.07, 6.45) is 0. The molecule has 0 fully saturated rings. The van der Waals surface area contributed by atoms with Gasteiger partial charge in [-0.15, -0.1) is 0 Å². The molecule has 0 aliphatic rings. The zero-order valence-electron chi connectivity index (χ0n) is 14.6. The number of nitrogens with zero attached hydrogens (tertiary/aromatic N) is 4. The van der Waals surface area contributed by atoms with Gasteiger partial charge in [0.1, 0.15) is 17.2 Å². The summed E-state index contributed by atoms with van der Waals surface area (Å²) in [5.41, 5.74) is 0.0577. The molecule has 3 aromatic rings. The van der Waals surface area contributed by atoms with E-state index < -0.39 is 11.2 Å². The minimum Gasteiger partial charge on any atom is -0.336 e. The molecule has 0 spiro atoms. The standard InChI is InChI=1S/C18H17FN4O3/c1-21(10-11-4-6-12(19)7-5-11)17(25)14-9-8-13-15(20-14)22(2)18(26)23(3)16(13)24/h4-9H,10H2,1-3H3. The van der Waals surface area contributed by atoms with Crippen molar-refractivity contribution in [1.29, 1.82) is 0 Å². The third-order valence-corrected chi connectivity index (χ3v) is 4.20. The molecule has 134 valence electrons. The van der Waals surface area contributed by atoms with Crippen LogP contribution in [0, 0.1) is 5.82 Å². The molecule has 0 radical (unpaired) electrons. The summed E-state index contributed by atoms with van der Waals surface area (Å²) < 4.78 is 15.2. The fourth-order valence-electron chi connectivity index (χ4n) is 2.70. The second-order valence-electron chi connectivity index (χ2n) is 6.06. The summed E-state index contributed by atoms with van der Waals surface area (Å²) in [7, 11) is 4.48. The van der Waals surface area contributed by atoms with E-state index in [0.29, 0.717) is 0 Å². The van der Waals surface area contributed by atoms with Crippen LogP contribution in [0.3, 0.4) is 0 Å². The first-order chi connectivity index (χ1) is 12.3. The number of aromatic nitrogens is 3. The lowest BCUT2D eigenvalue weighted by Gasteiger charge is -2.17. The summed E-state index contributed by atoms with van der Waals surface area (Å²) in [4.78, 5) is 42.5. The monoisotopic (exact) mass is 356 g/mol. The number of halogens is 1. The summed E-state index contributed by atoms with van der Waals surface area (Å²) >= 11 is 0. The first kappa shape index (κ1) is 17.5. The van der Waals surface area contributed by atoms with Crippen LogP contribution in [0.4, 0.5) is 4.39 Å². The van der Waals surface area contributed by atoms with Crippen molar-refractivity contribution < 1.29 is 9.18 Å². The summed E-state index contributed by atoms with van der Waals surface area (Å²) in [6.45, 7) is 0.272. The van der Waals surface area contributed by atoms with Gasteiger partial charge in [-0.1, -0.05) is 12.1 Å². The Balaban J connectivity index is 1.97. The van der Waals surface area contributed by atoms with Crippen molar-refractivity contribution in [2.75, 3.05) is 7.05 Å². The molecule has 0 aliphatic heterocycles. The summed E-state index contributed by atoms with van der Waals surface area (Å²) in [5.74, 6) is -0.717. The quantitative estimate of drug-likeness (QED) is 0.703. The number of hydrogen-bond donors (Lipinski definition) is 0. The van der Waals surface area contributed by atoms with Crippen LogP contribution in [-0.4, -0.2) is 32.0 Å². The van der Waals surface area contributed by atoms with Crippen LogP contribution in [0.2, 0.25) is 0 Å². The van der Waals surface area contributed by atoms with E-state index in [1.54, 1.807) is 19.2 Å². The number of fused-ring (bicyclic) bond motifs is 1. The Morgan fingerprint density at radius 3 is 2.38 bits per heavy atom. The molecule has 0 unspecified atom stereocenters. The highest BCUT2D eigenvalue weighted by atomic mass is 19.1. The number of carbonyl (C=O) groups is 1. The first-order valence-electron chi connectivity index (χ1n) is 7.86. The molecule has 1 amide bonds. The maximum absolute atomic E-state index is 13.0. The van der Waals surface area contributed by atoms with E-state index in [0.717, 1.165) is 10.1 Å². The van der Waals surface area contributed by atoms with Crippen LogP contribution in [-0.2, 0) is 20.6 Å². The Hall–Kier alpha value is -3.29. The van der Waals surface area contributed by atoms with Crippen molar-refractivity contribution in [2.45, 2.75) is 6.54 Å². The molecule has 0 saturated carbocycles. The predicted molar refractivity (Wildman–Crippen MR) is 94.4 cm³/mol. The topological polar surface area (TPSA) is 77.2 Å². The lowest BCUT2D eigenvalue weighted by molar-refractivity contribution is 0.0779. The second kappa shape index (κ2) is 6.55. The lowest BCUT2D eigenvalue weighted by Crippen LogP contribution is -2.37. The van der Waals surface area contributed by atoms with Crippen LogP contribution in [0.25, 0.3) is 11.0 Å². The van der Waals surface area contributed by atoms with Gasteiger partial charge < -0.3 is 4.90 Å². The van der Waals surface area contributed by atoms with E-state index >= 15 is 0 Å². The third kappa shape index (κ3) is 3.01. The molecule has 0 bridgehead atoms. The highest BCUT2D eigenvalue weighted by molar-refractivity contribution is 5.94. The highest BCUT2D eigenvalue weighted by Gasteiger charge is 2.17. The Kier molecular flexibility index (Phi) is 4.41. The van der Waals surface area contributed by atoms with E-state index in [-0.39, 0.29) is 35.0 Å². The van der Waals surface area contributed by atoms with Gasteiger partial charge in [0, 0.05) is 27.7 Å². The van der Waals surface area contributed by atoms with Gasteiger partial charge in [0.25, 0.3) is 11.5 Å². The SMILES string of the molecule is CN(Cc1ccc(F)cc1)C(=O)c1ccc2c(=O)n(C)c(=O)n(C)c2n1. The minimum absolute atomic E-state index is 0.116. The maximum atomic E-state index is 13.0. The van der Waals surface area contributed by atoms with Crippen LogP contribution in [0.5, 0.6) is 0 Å². The van der Waals surface area contributed by atoms with Crippen molar-refractivity contribution in [3.8, 4) is 0 Å². The second-order valence-corrected chi connectivity index (χ2v) is 6.06. The van der Waals surface area contributed by atoms with Gasteiger partial charge in [-0.3, -0.25) is 18.7 Å². The Morgan fingerprint density at radius 1 is 1.08 bits per heavy atom. The normalized spacial score (nSPS) is 10.9. The van der Waals surface area contributed by atoms with Crippen molar-refractivity contribution in [3.05, 3.63) is 74.3 Å². The van der Waals surface area contributed by atoms with E-state index in [1.807, 2.05) is 0 Å². The Morgan fingerprint density at radius 2 is 1.73 bits per heavy atom. The van der Waals surface area contributed by atoms with Crippen LogP contribution in [0.1, 0.15) is 16.1 Å². The molecule has 0 saturated heterocycles. The zero-order valence-corrected chi connectivity index (χ0v) is 14.6. The smallest absolute Gasteiger partial charge is 0.332 e. The third-order valence-electron chi connectivity index (χ3n) is 4.20. The molecular weight excluding hydrogens is 339 g/mol. The van der Waals surface area contributed by atoms with E-state index in [2.05, 4.69) is 4.98 Å². The van der Waals surface area contributed by atoms with E-state index in [4.69, 9.17) is 0 Å². The Labute approximate surface area is 147 Å². The molecule has 0 aliphatic carbocycles. The number of amides is 1. The molecule has 0 atom stereocenters. The van der Waals surface area contributed by atoms with Gasteiger partial charge in [-0.05, 0) is 29.8 Å². The number of aryl methyl sites for hydroxylation is 1. The van der Waals surface area contributed by atoms with Crippen molar-refractivity contribution >= 4 is 16.9 Å². The van der Waals surface area contributed by atoms with Gasteiger partial charge >= 0.3 is 5.69 Å². The number of rotatable bonds is 3. The predicted octanol–water partition coefficient (Wildman–Crippen LogP) is 1.04. The molecule has 0 N–H and O–H groups in total. The van der Waals surface area contributed by atoms with Crippen LogP contribution < -0.4 is 11.2 Å². The fraction of sp³-hybridized carbons (Fsp3) is 0.222.